The molecule has 1 aliphatic rings. The molecule has 6 heteroatoms. The Labute approximate surface area is 171 Å². The van der Waals surface area contributed by atoms with Crippen LogP contribution in [0.4, 0.5) is 5.69 Å². The van der Waals surface area contributed by atoms with Crippen LogP contribution in [0.2, 0.25) is 0 Å². The Morgan fingerprint density at radius 3 is 2.52 bits per heavy atom. The van der Waals surface area contributed by atoms with Gasteiger partial charge >= 0.3 is 0 Å². The van der Waals surface area contributed by atoms with Gasteiger partial charge in [0.05, 0.1) is 16.6 Å². The van der Waals surface area contributed by atoms with E-state index < -0.39 is 0 Å². The molecule has 1 aliphatic heterocycles. The fourth-order valence-electron chi connectivity index (χ4n) is 3.98. The van der Waals surface area contributed by atoms with Crippen LogP contribution in [0.1, 0.15) is 52.6 Å². The number of rotatable bonds is 3. The first-order valence-corrected chi connectivity index (χ1v) is 10.2. The van der Waals surface area contributed by atoms with Gasteiger partial charge in [0.2, 0.25) is 0 Å². The lowest BCUT2D eigenvalue weighted by Crippen LogP contribution is -2.49. The van der Waals surface area contributed by atoms with Gasteiger partial charge in [0, 0.05) is 37.6 Å². The Kier molecular flexibility index (Phi) is 5.03. The van der Waals surface area contributed by atoms with Gasteiger partial charge in [-0.25, -0.2) is 4.98 Å². The van der Waals surface area contributed by atoms with E-state index in [4.69, 9.17) is 4.52 Å². The zero-order chi connectivity index (χ0) is 20.7. The lowest BCUT2D eigenvalue weighted by Gasteiger charge is -2.37. The van der Waals surface area contributed by atoms with Crippen LogP contribution in [0.25, 0.3) is 11.1 Å². The summed E-state index contributed by atoms with van der Waals surface area (Å²) in [5.41, 5.74) is 6.53. The third-order valence-corrected chi connectivity index (χ3v) is 5.94. The highest BCUT2D eigenvalue weighted by atomic mass is 16.5. The number of pyridine rings is 1. The summed E-state index contributed by atoms with van der Waals surface area (Å²) in [5.74, 6) is 0.240. The minimum atomic E-state index is 0.0335. The molecule has 29 heavy (non-hydrogen) atoms. The predicted octanol–water partition coefficient (Wildman–Crippen LogP) is 4.23. The summed E-state index contributed by atoms with van der Waals surface area (Å²) < 4.78 is 5.38. The van der Waals surface area contributed by atoms with E-state index in [-0.39, 0.29) is 11.8 Å². The summed E-state index contributed by atoms with van der Waals surface area (Å²) >= 11 is 0. The van der Waals surface area contributed by atoms with Crippen LogP contribution in [-0.4, -0.2) is 47.1 Å². The quantitative estimate of drug-likeness (QED) is 0.667. The van der Waals surface area contributed by atoms with Gasteiger partial charge in [0.1, 0.15) is 0 Å². The van der Waals surface area contributed by atoms with Crippen molar-refractivity contribution >= 4 is 22.7 Å². The van der Waals surface area contributed by atoms with Crippen molar-refractivity contribution in [1.29, 1.82) is 0 Å². The second-order valence-corrected chi connectivity index (χ2v) is 8.20. The Balaban J connectivity index is 1.59. The fourth-order valence-corrected chi connectivity index (χ4v) is 3.98. The van der Waals surface area contributed by atoms with E-state index in [0.717, 1.165) is 24.2 Å². The van der Waals surface area contributed by atoms with Crippen molar-refractivity contribution in [2.75, 3.05) is 31.1 Å². The molecule has 1 aromatic carbocycles. The van der Waals surface area contributed by atoms with E-state index in [2.05, 4.69) is 60.9 Å². The number of anilines is 1. The monoisotopic (exact) mass is 392 g/mol. The van der Waals surface area contributed by atoms with E-state index in [9.17, 15) is 4.79 Å². The largest absolute Gasteiger partial charge is 0.368 e. The zero-order valence-corrected chi connectivity index (χ0v) is 17.8. The first kappa shape index (κ1) is 19.4. The molecule has 0 atom stereocenters. The summed E-state index contributed by atoms with van der Waals surface area (Å²) in [6.07, 6.45) is 0. The SMILES string of the molecule is Cc1cccc(N2CCN(C(=O)c3cc(C(C)C)nc4onc(C)c34)CC2)c1C. The molecule has 1 amide bonds. The van der Waals surface area contributed by atoms with Crippen LogP contribution in [-0.2, 0) is 0 Å². The number of carbonyl (C=O) groups excluding carboxylic acids is 1. The van der Waals surface area contributed by atoms with Crippen LogP contribution in [0.15, 0.2) is 28.8 Å². The molecule has 6 nitrogen and oxygen atoms in total. The van der Waals surface area contributed by atoms with Crippen LogP contribution >= 0.6 is 0 Å². The molecule has 152 valence electrons. The third kappa shape index (κ3) is 3.48. The number of benzene rings is 1. The molecule has 0 N–H and O–H groups in total. The van der Waals surface area contributed by atoms with E-state index >= 15 is 0 Å². The molecule has 0 radical (unpaired) electrons. The molecule has 3 aromatic rings. The second-order valence-electron chi connectivity index (χ2n) is 8.20. The van der Waals surface area contributed by atoms with Crippen LogP contribution < -0.4 is 4.90 Å². The van der Waals surface area contributed by atoms with Crippen LogP contribution in [0.5, 0.6) is 0 Å². The number of aryl methyl sites for hydroxylation is 2. The fraction of sp³-hybridized carbons (Fsp3) is 0.435. The summed E-state index contributed by atoms with van der Waals surface area (Å²) in [5, 5.41) is 4.77. The van der Waals surface area contributed by atoms with Crippen molar-refractivity contribution in [2.45, 2.75) is 40.5 Å². The number of amides is 1. The Bertz CT molecular complexity index is 1060. The maximum atomic E-state index is 13.4. The van der Waals surface area contributed by atoms with Crippen molar-refractivity contribution in [1.82, 2.24) is 15.0 Å². The zero-order valence-electron chi connectivity index (χ0n) is 17.8. The minimum absolute atomic E-state index is 0.0335. The maximum Gasteiger partial charge on any atom is 0.259 e. The van der Waals surface area contributed by atoms with Gasteiger partial charge in [-0.05, 0) is 49.9 Å². The van der Waals surface area contributed by atoms with E-state index in [0.29, 0.717) is 30.1 Å². The van der Waals surface area contributed by atoms with Gasteiger partial charge < -0.3 is 14.3 Å². The van der Waals surface area contributed by atoms with Crippen molar-refractivity contribution in [3.8, 4) is 0 Å². The number of nitrogens with zero attached hydrogens (tertiary/aromatic N) is 4. The Morgan fingerprint density at radius 2 is 1.83 bits per heavy atom. The number of piperazine rings is 1. The molecule has 0 saturated carbocycles. The average molecular weight is 393 g/mol. The van der Waals surface area contributed by atoms with Gasteiger partial charge in [-0.1, -0.05) is 31.1 Å². The van der Waals surface area contributed by atoms with Crippen molar-refractivity contribution in [3.63, 3.8) is 0 Å². The van der Waals surface area contributed by atoms with Crippen molar-refractivity contribution in [2.24, 2.45) is 0 Å². The topological polar surface area (TPSA) is 62.5 Å². The highest BCUT2D eigenvalue weighted by Gasteiger charge is 2.27. The summed E-state index contributed by atoms with van der Waals surface area (Å²) in [4.78, 5) is 22.3. The van der Waals surface area contributed by atoms with Crippen LogP contribution in [0.3, 0.4) is 0 Å². The van der Waals surface area contributed by atoms with Gasteiger partial charge in [0.25, 0.3) is 11.6 Å². The number of aromatic nitrogens is 2. The van der Waals surface area contributed by atoms with E-state index in [1.54, 1.807) is 0 Å². The normalized spacial score (nSPS) is 14.8. The van der Waals surface area contributed by atoms with Gasteiger partial charge in [0.15, 0.2) is 0 Å². The lowest BCUT2D eigenvalue weighted by molar-refractivity contribution is 0.0748. The minimum Gasteiger partial charge on any atom is -0.368 e. The summed E-state index contributed by atoms with van der Waals surface area (Å²) in [6, 6.07) is 8.32. The lowest BCUT2D eigenvalue weighted by atomic mass is 10.0. The highest BCUT2D eigenvalue weighted by molar-refractivity contribution is 6.06. The third-order valence-electron chi connectivity index (χ3n) is 5.94. The molecule has 0 unspecified atom stereocenters. The molecule has 0 bridgehead atoms. The van der Waals surface area contributed by atoms with Gasteiger partial charge in [-0.3, -0.25) is 4.79 Å². The first-order valence-electron chi connectivity index (χ1n) is 10.2. The average Bonchev–Trinajstić information content (AvgIpc) is 3.10. The van der Waals surface area contributed by atoms with E-state index in [1.807, 2.05) is 17.9 Å². The molecular formula is C23H28N4O2. The van der Waals surface area contributed by atoms with Crippen molar-refractivity contribution < 1.29 is 9.32 Å². The Hall–Kier alpha value is -2.89. The predicted molar refractivity (Wildman–Crippen MR) is 115 cm³/mol. The molecular weight excluding hydrogens is 364 g/mol. The maximum absolute atomic E-state index is 13.4. The molecule has 2 aromatic heterocycles. The molecule has 0 spiro atoms. The molecule has 3 heterocycles. The molecule has 1 fully saturated rings. The Morgan fingerprint density at radius 1 is 1.10 bits per heavy atom. The van der Waals surface area contributed by atoms with Crippen LogP contribution in [0, 0.1) is 20.8 Å². The number of hydrogen-bond acceptors (Lipinski definition) is 5. The van der Waals surface area contributed by atoms with Gasteiger partial charge in [-0.15, -0.1) is 0 Å². The smallest absolute Gasteiger partial charge is 0.259 e. The number of fused-ring (bicyclic) bond motifs is 1. The van der Waals surface area contributed by atoms with Crippen molar-refractivity contribution in [3.05, 3.63) is 52.3 Å². The van der Waals surface area contributed by atoms with Gasteiger partial charge in [-0.2, -0.15) is 0 Å². The number of carbonyl (C=O) groups is 1. The second kappa shape index (κ2) is 7.50. The molecule has 4 rings (SSSR count). The van der Waals surface area contributed by atoms with E-state index in [1.165, 1.54) is 16.8 Å². The molecule has 0 aliphatic carbocycles. The molecule has 1 saturated heterocycles. The number of hydrogen-bond donors (Lipinski definition) is 0. The summed E-state index contributed by atoms with van der Waals surface area (Å²) in [7, 11) is 0. The standard InChI is InChI=1S/C23H28N4O2/c1-14(2)19-13-18(21-17(5)25-29-22(21)24-19)23(28)27-11-9-26(10-12-27)20-8-6-7-15(3)16(20)4/h6-8,13-14H,9-12H2,1-5H3. The highest BCUT2D eigenvalue weighted by Crippen LogP contribution is 2.28. The first-order chi connectivity index (χ1) is 13.9. The summed E-state index contributed by atoms with van der Waals surface area (Å²) in [6.45, 7) is 13.3.